The number of anilines is 2. The van der Waals surface area contributed by atoms with Crippen LogP contribution < -0.4 is 11.1 Å². The molecule has 1 saturated heterocycles. The number of rotatable bonds is 6. The minimum Gasteiger partial charge on any atom is -0.465 e. The van der Waals surface area contributed by atoms with Crippen molar-refractivity contribution >= 4 is 23.5 Å². The molecule has 12 heteroatoms. The summed E-state index contributed by atoms with van der Waals surface area (Å²) >= 11 is 0. The standard InChI is InChI=1S/C20H21F3N6O3/c1-11(8-21)20(23)15(9-24)16(6-7-28(20)19(31)32)29-10-14(17(25)30)18(27-29)26-13-4-2-12(22)3-5-13/h2-5,10-11,15-16H,6-8H2,1H3,(H2,25,30)(H,26,27)(H,31,32). The molecule has 9 nitrogen and oxygen atoms in total. The minimum absolute atomic E-state index is 0.00886. The third-order valence-electron chi connectivity index (χ3n) is 5.62. The van der Waals surface area contributed by atoms with E-state index in [1.807, 2.05) is 0 Å². The fourth-order valence-corrected chi connectivity index (χ4v) is 3.93. The van der Waals surface area contributed by atoms with E-state index in [4.69, 9.17) is 5.73 Å². The molecule has 0 bridgehead atoms. The van der Waals surface area contributed by atoms with Crippen LogP contribution in [0.3, 0.4) is 0 Å². The number of piperidine rings is 1. The number of benzene rings is 1. The van der Waals surface area contributed by atoms with Gasteiger partial charge in [-0.1, -0.05) is 6.92 Å². The molecule has 1 aromatic heterocycles. The Hall–Kier alpha value is -3.75. The smallest absolute Gasteiger partial charge is 0.409 e. The van der Waals surface area contributed by atoms with Crippen LogP contribution in [0.15, 0.2) is 30.5 Å². The van der Waals surface area contributed by atoms with Crippen LogP contribution in [-0.4, -0.2) is 50.8 Å². The van der Waals surface area contributed by atoms with E-state index in [1.54, 1.807) is 6.07 Å². The predicted octanol–water partition coefficient (Wildman–Crippen LogP) is 3.20. The van der Waals surface area contributed by atoms with Gasteiger partial charge in [-0.2, -0.15) is 10.4 Å². The molecule has 4 N–H and O–H groups in total. The monoisotopic (exact) mass is 450 g/mol. The number of carbonyl (C=O) groups is 2. The van der Waals surface area contributed by atoms with Gasteiger partial charge in [-0.3, -0.25) is 18.8 Å². The fraction of sp³-hybridized carbons (Fsp3) is 0.400. The molecule has 1 fully saturated rings. The van der Waals surface area contributed by atoms with Crippen LogP contribution >= 0.6 is 0 Å². The summed E-state index contributed by atoms with van der Waals surface area (Å²) in [5.41, 5.74) is 5.74. The second-order valence-electron chi connectivity index (χ2n) is 7.55. The van der Waals surface area contributed by atoms with Crippen LogP contribution in [-0.2, 0) is 0 Å². The van der Waals surface area contributed by atoms with Gasteiger partial charge in [0.1, 0.15) is 17.3 Å². The van der Waals surface area contributed by atoms with E-state index in [1.165, 1.54) is 37.4 Å². The number of likely N-dealkylation sites (tertiary alicyclic amines) is 1. The molecule has 170 valence electrons. The van der Waals surface area contributed by atoms with Gasteiger partial charge in [0.15, 0.2) is 5.82 Å². The number of carboxylic acid groups (broad SMARTS) is 1. The average molecular weight is 450 g/mol. The van der Waals surface area contributed by atoms with E-state index in [0.717, 1.165) is 4.68 Å². The molecule has 0 radical (unpaired) electrons. The summed E-state index contributed by atoms with van der Waals surface area (Å²) in [6.45, 7) is -0.318. The zero-order chi connectivity index (χ0) is 23.6. The molecular formula is C20H21F3N6O3. The maximum atomic E-state index is 16.0. The number of hydrogen-bond acceptors (Lipinski definition) is 5. The Bertz CT molecular complexity index is 1050. The molecule has 2 heterocycles. The number of alkyl halides is 2. The number of amides is 2. The molecule has 2 amide bonds. The Morgan fingerprint density at radius 2 is 2.09 bits per heavy atom. The molecular weight excluding hydrogens is 429 g/mol. The molecule has 3 rings (SSSR count). The lowest BCUT2D eigenvalue weighted by Crippen LogP contribution is -2.62. The third-order valence-corrected chi connectivity index (χ3v) is 5.62. The zero-order valence-corrected chi connectivity index (χ0v) is 17.0. The Balaban J connectivity index is 2.02. The predicted molar refractivity (Wildman–Crippen MR) is 107 cm³/mol. The van der Waals surface area contributed by atoms with Gasteiger partial charge < -0.3 is 16.2 Å². The largest absolute Gasteiger partial charge is 0.465 e. The number of aromatic nitrogens is 2. The number of primary amides is 1. The quantitative estimate of drug-likeness (QED) is 0.578. The molecule has 1 aliphatic rings. The Morgan fingerprint density at radius 1 is 1.44 bits per heavy atom. The number of hydrogen-bond donors (Lipinski definition) is 3. The molecule has 4 unspecified atom stereocenters. The van der Waals surface area contributed by atoms with Crippen molar-refractivity contribution in [2.75, 3.05) is 18.5 Å². The summed E-state index contributed by atoms with van der Waals surface area (Å²) in [4.78, 5) is 24.0. The van der Waals surface area contributed by atoms with E-state index >= 15 is 4.39 Å². The maximum Gasteiger partial charge on any atom is 0.409 e. The van der Waals surface area contributed by atoms with Crippen molar-refractivity contribution in [3.63, 3.8) is 0 Å². The number of nitriles is 1. The van der Waals surface area contributed by atoms with Gasteiger partial charge in [-0.25, -0.2) is 13.6 Å². The molecule has 32 heavy (non-hydrogen) atoms. The lowest BCUT2D eigenvalue weighted by atomic mass is 9.77. The van der Waals surface area contributed by atoms with Gasteiger partial charge in [0.25, 0.3) is 5.91 Å². The van der Waals surface area contributed by atoms with Crippen LogP contribution in [0.25, 0.3) is 0 Å². The van der Waals surface area contributed by atoms with Crippen LogP contribution in [0.5, 0.6) is 0 Å². The lowest BCUT2D eigenvalue weighted by molar-refractivity contribution is -0.131. The first-order chi connectivity index (χ1) is 15.1. The number of halogens is 3. The van der Waals surface area contributed by atoms with Gasteiger partial charge in [0.05, 0.1) is 18.8 Å². The van der Waals surface area contributed by atoms with E-state index in [0.29, 0.717) is 10.6 Å². The van der Waals surface area contributed by atoms with Crippen LogP contribution in [0.1, 0.15) is 29.7 Å². The summed E-state index contributed by atoms with van der Waals surface area (Å²) in [6, 6.07) is 5.94. The molecule has 0 saturated carbocycles. The molecule has 1 aromatic carbocycles. The highest BCUT2D eigenvalue weighted by Gasteiger charge is 2.58. The summed E-state index contributed by atoms with van der Waals surface area (Å²) in [7, 11) is 0. The second-order valence-corrected chi connectivity index (χ2v) is 7.55. The zero-order valence-electron chi connectivity index (χ0n) is 17.0. The average Bonchev–Trinajstić information content (AvgIpc) is 3.17. The van der Waals surface area contributed by atoms with E-state index in [-0.39, 0.29) is 24.3 Å². The molecule has 2 aromatic rings. The van der Waals surface area contributed by atoms with Crippen molar-refractivity contribution < 1.29 is 27.9 Å². The van der Waals surface area contributed by atoms with Crippen molar-refractivity contribution in [3.8, 4) is 6.07 Å². The number of nitrogens with zero attached hydrogens (tertiary/aromatic N) is 4. The second kappa shape index (κ2) is 8.78. The van der Waals surface area contributed by atoms with Crippen molar-refractivity contribution in [3.05, 3.63) is 41.8 Å². The summed E-state index contributed by atoms with van der Waals surface area (Å²) in [6.07, 6.45) is -0.394. The molecule has 0 spiro atoms. The molecule has 4 atom stereocenters. The highest BCUT2D eigenvalue weighted by Crippen LogP contribution is 2.46. The maximum absolute atomic E-state index is 16.0. The normalized spacial score (nSPS) is 23.9. The van der Waals surface area contributed by atoms with Gasteiger partial charge in [-0.15, -0.1) is 0 Å². The van der Waals surface area contributed by atoms with E-state index in [9.17, 15) is 28.7 Å². The number of nitrogens with two attached hydrogens (primary N) is 1. The first-order valence-electron chi connectivity index (χ1n) is 9.70. The third kappa shape index (κ3) is 3.93. The lowest BCUT2D eigenvalue weighted by Gasteiger charge is -2.48. The van der Waals surface area contributed by atoms with Gasteiger partial charge in [0.2, 0.25) is 5.79 Å². The highest BCUT2D eigenvalue weighted by atomic mass is 19.2. The summed E-state index contributed by atoms with van der Waals surface area (Å²) in [5.74, 6) is -7.20. The van der Waals surface area contributed by atoms with Crippen molar-refractivity contribution in [1.29, 1.82) is 5.26 Å². The highest BCUT2D eigenvalue weighted by molar-refractivity contribution is 5.98. The van der Waals surface area contributed by atoms with Crippen LogP contribution in [0, 0.1) is 29.0 Å². The molecule has 0 aliphatic carbocycles. The van der Waals surface area contributed by atoms with E-state index < -0.39 is 48.2 Å². The topological polar surface area (TPSA) is 137 Å². The SMILES string of the molecule is CC(CF)C1(F)C(C#N)C(n2cc(C(N)=O)c(Nc3ccc(F)cc3)n2)CCN1C(=O)O. The Morgan fingerprint density at radius 3 is 2.62 bits per heavy atom. The van der Waals surface area contributed by atoms with E-state index in [2.05, 4.69) is 10.4 Å². The van der Waals surface area contributed by atoms with Crippen molar-refractivity contribution in [2.24, 2.45) is 17.6 Å². The molecule has 1 aliphatic heterocycles. The van der Waals surface area contributed by atoms with Gasteiger partial charge in [0, 0.05) is 24.3 Å². The number of carbonyl (C=O) groups excluding carboxylic acids is 1. The van der Waals surface area contributed by atoms with Crippen molar-refractivity contribution in [2.45, 2.75) is 25.2 Å². The van der Waals surface area contributed by atoms with Crippen LogP contribution in [0.4, 0.5) is 29.5 Å². The fourth-order valence-electron chi connectivity index (χ4n) is 3.93. The van der Waals surface area contributed by atoms with Gasteiger partial charge >= 0.3 is 6.09 Å². The Labute approximate surface area is 181 Å². The number of nitrogens with one attached hydrogen (secondary N) is 1. The van der Waals surface area contributed by atoms with Crippen LogP contribution in [0.2, 0.25) is 0 Å². The summed E-state index contributed by atoms with van der Waals surface area (Å²) < 4.78 is 43.8. The van der Waals surface area contributed by atoms with Gasteiger partial charge in [-0.05, 0) is 30.7 Å². The Kier molecular flexibility index (Phi) is 6.29. The minimum atomic E-state index is -2.82. The first kappa shape index (κ1) is 22.9. The van der Waals surface area contributed by atoms with Crippen molar-refractivity contribution in [1.82, 2.24) is 14.7 Å². The summed E-state index contributed by atoms with van der Waals surface area (Å²) in [5, 5.41) is 26.2. The first-order valence-corrected chi connectivity index (χ1v) is 9.70.